The highest BCUT2D eigenvalue weighted by Crippen LogP contribution is 2.42. The molecule has 0 saturated heterocycles. The first-order valence-electron chi connectivity index (χ1n) is 9.14. The van der Waals surface area contributed by atoms with E-state index in [-0.39, 0.29) is 22.6 Å². The van der Waals surface area contributed by atoms with Gasteiger partial charge in [0.2, 0.25) is 0 Å². The summed E-state index contributed by atoms with van der Waals surface area (Å²) >= 11 is 2.62. The number of alkyl halides is 2. The summed E-state index contributed by atoms with van der Waals surface area (Å²) in [6.07, 6.45) is -0.158. The summed E-state index contributed by atoms with van der Waals surface area (Å²) < 4.78 is 43.8. The molecule has 0 aliphatic carbocycles. The Morgan fingerprint density at radius 2 is 1.80 bits per heavy atom. The smallest absolute Gasteiger partial charge is 0.335 e. The molecule has 0 heterocycles. The lowest BCUT2D eigenvalue weighted by Crippen LogP contribution is -2.01. The van der Waals surface area contributed by atoms with Crippen LogP contribution in [0.15, 0.2) is 58.4 Å². The molecule has 0 radical (unpaired) electrons. The minimum Gasteiger partial charge on any atom is -0.478 e. The standard InChI is InChI=1S/C22H22F3NO2S2/c1-4-13(3)20(14-6-9-16(23)10-7-14)29-19(5-2)30-26-18-11-8-15(22(27)28)12-17(18)21(24)25/h5-12,21,26H,4H2,1-3H3,(H,27,28)/b19-5+,20-13?. The number of allylic oxidation sites excluding steroid dienone is 2. The van der Waals surface area contributed by atoms with E-state index in [0.717, 1.165) is 44.7 Å². The Balaban J connectivity index is 2.23. The van der Waals surface area contributed by atoms with Gasteiger partial charge in [0.1, 0.15) is 5.82 Å². The maximum atomic E-state index is 13.4. The molecular formula is C22H22F3NO2S2. The van der Waals surface area contributed by atoms with Gasteiger partial charge in [-0.2, -0.15) is 0 Å². The molecule has 0 aromatic heterocycles. The number of carboxylic acids is 1. The van der Waals surface area contributed by atoms with Crippen LogP contribution < -0.4 is 4.72 Å². The molecule has 0 aliphatic heterocycles. The zero-order valence-electron chi connectivity index (χ0n) is 16.7. The number of carboxylic acid groups (broad SMARTS) is 1. The van der Waals surface area contributed by atoms with Crippen LogP contribution in [0.4, 0.5) is 18.9 Å². The molecule has 2 aromatic carbocycles. The van der Waals surface area contributed by atoms with Crippen molar-refractivity contribution >= 4 is 40.3 Å². The van der Waals surface area contributed by atoms with Crippen molar-refractivity contribution in [1.29, 1.82) is 0 Å². The molecule has 8 heteroatoms. The molecule has 2 rings (SSSR count). The van der Waals surface area contributed by atoms with Gasteiger partial charge in [-0.25, -0.2) is 18.0 Å². The Labute approximate surface area is 182 Å². The Morgan fingerprint density at radius 3 is 2.33 bits per heavy atom. The molecule has 0 spiro atoms. The summed E-state index contributed by atoms with van der Waals surface area (Å²) in [6, 6.07) is 9.82. The molecule has 0 unspecified atom stereocenters. The van der Waals surface area contributed by atoms with Gasteiger partial charge in [0.25, 0.3) is 6.43 Å². The molecule has 3 nitrogen and oxygen atoms in total. The van der Waals surface area contributed by atoms with Gasteiger partial charge >= 0.3 is 5.97 Å². The van der Waals surface area contributed by atoms with E-state index < -0.39 is 12.4 Å². The molecule has 30 heavy (non-hydrogen) atoms. The average Bonchev–Trinajstić information content (AvgIpc) is 2.74. The van der Waals surface area contributed by atoms with Crippen LogP contribution in [0.3, 0.4) is 0 Å². The second kappa shape index (κ2) is 11.2. The first-order valence-corrected chi connectivity index (χ1v) is 10.8. The molecule has 160 valence electrons. The van der Waals surface area contributed by atoms with Crippen LogP contribution in [0.2, 0.25) is 0 Å². The van der Waals surface area contributed by atoms with Crippen molar-refractivity contribution in [3.05, 3.63) is 80.9 Å². The highest BCUT2D eigenvalue weighted by Gasteiger charge is 2.17. The summed E-state index contributed by atoms with van der Waals surface area (Å²) in [4.78, 5) is 12.0. The minimum atomic E-state index is -2.81. The van der Waals surface area contributed by atoms with Crippen LogP contribution in [-0.2, 0) is 0 Å². The van der Waals surface area contributed by atoms with E-state index >= 15 is 0 Å². The van der Waals surface area contributed by atoms with Gasteiger partial charge in [0, 0.05) is 10.5 Å². The number of hydrogen-bond acceptors (Lipinski definition) is 4. The summed E-state index contributed by atoms with van der Waals surface area (Å²) in [6.45, 7) is 5.86. The summed E-state index contributed by atoms with van der Waals surface area (Å²) in [5, 5.41) is 9.03. The number of halogens is 3. The first kappa shape index (κ1) is 24.0. The van der Waals surface area contributed by atoms with E-state index in [1.54, 1.807) is 12.1 Å². The zero-order valence-corrected chi connectivity index (χ0v) is 18.3. The quantitative estimate of drug-likeness (QED) is 0.377. The molecule has 0 fully saturated rings. The molecular weight excluding hydrogens is 431 g/mol. The van der Waals surface area contributed by atoms with Crippen LogP contribution >= 0.6 is 23.7 Å². The van der Waals surface area contributed by atoms with Gasteiger partial charge in [0.05, 0.1) is 15.5 Å². The third-order valence-electron chi connectivity index (χ3n) is 4.26. The van der Waals surface area contributed by atoms with Gasteiger partial charge in [-0.1, -0.05) is 42.5 Å². The third-order valence-corrected chi connectivity index (χ3v) is 6.74. The van der Waals surface area contributed by atoms with Crippen LogP contribution in [0, 0.1) is 5.82 Å². The Hall–Kier alpha value is -2.32. The SMILES string of the molecule is C/C=C(/SNc1ccc(C(=O)O)cc1C(F)F)SC(=C(C)CC)c1ccc(F)cc1. The zero-order chi connectivity index (χ0) is 22.3. The van der Waals surface area contributed by atoms with Crippen LogP contribution in [0.25, 0.3) is 4.91 Å². The Kier molecular flexibility index (Phi) is 8.92. The average molecular weight is 454 g/mol. The topological polar surface area (TPSA) is 49.3 Å². The Bertz CT molecular complexity index is 957. The molecule has 0 atom stereocenters. The lowest BCUT2D eigenvalue weighted by atomic mass is 10.1. The van der Waals surface area contributed by atoms with E-state index in [1.165, 1.54) is 36.0 Å². The van der Waals surface area contributed by atoms with E-state index in [4.69, 9.17) is 5.11 Å². The summed E-state index contributed by atoms with van der Waals surface area (Å²) in [5.74, 6) is -1.58. The Morgan fingerprint density at radius 1 is 1.17 bits per heavy atom. The lowest BCUT2D eigenvalue weighted by molar-refractivity contribution is 0.0696. The van der Waals surface area contributed by atoms with Crippen molar-refractivity contribution in [3.63, 3.8) is 0 Å². The van der Waals surface area contributed by atoms with Crippen molar-refractivity contribution < 1.29 is 23.1 Å². The number of hydrogen-bond donors (Lipinski definition) is 2. The fourth-order valence-corrected chi connectivity index (χ4v) is 4.42. The van der Waals surface area contributed by atoms with E-state index in [2.05, 4.69) is 4.72 Å². The monoisotopic (exact) mass is 453 g/mol. The summed E-state index contributed by atoms with van der Waals surface area (Å²) in [7, 11) is 0. The fourth-order valence-electron chi connectivity index (χ4n) is 2.47. The first-order chi connectivity index (χ1) is 14.3. The number of anilines is 1. The van der Waals surface area contributed by atoms with Gasteiger partial charge in [0.15, 0.2) is 0 Å². The highest BCUT2D eigenvalue weighted by molar-refractivity contribution is 8.27. The van der Waals surface area contributed by atoms with Crippen LogP contribution in [0.1, 0.15) is 55.1 Å². The lowest BCUT2D eigenvalue weighted by Gasteiger charge is -2.16. The van der Waals surface area contributed by atoms with E-state index in [9.17, 15) is 18.0 Å². The van der Waals surface area contributed by atoms with Gasteiger partial charge in [-0.3, -0.25) is 0 Å². The summed E-state index contributed by atoms with van der Waals surface area (Å²) in [5.41, 5.74) is 1.58. The van der Waals surface area contributed by atoms with Crippen molar-refractivity contribution in [2.45, 2.75) is 33.6 Å². The molecule has 0 aliphatic rings. The van der Waals surface area contributed by atoms with E-state index in [1.807, 2.05) is 26.8 Å². The predicted octanol–water partition coefficient (Wildman–Crippen LogP) is 7.96. The largest absolute Gasteiger partial charge is 0.478 e. The van der Waals surface area contributed by atoms with Crippen molar-refractivity contribution in [2.24, 2.45) is 0 Å². The number of carbonyl (C=O) groups is 1. The second-order valence-corrected chi connectivity index (χ2v) is 8.45. The van der Waals surface area contributed by atoms with Gasteiger partial charge < -0.3 is 9.83 Å². The molecule has 0 bridgehead atoms. The fraction of sp³-hybridized carbons (Fsp3) is 0.227. The second-order valence-electron chi connectivity index (χ2n) is 6.29. The number of thioether (sulfide) groups is 1. The number of aromatic carboxylic acids is 1. The molecule has 0 amide bonds. The van der Waals surface area contributed by atoms with Crippen molar-refractivity contribution in [2.75, 3.05) is 4.72 Å². The maximum absolute atomic E-state index is 13.4. The molecule has 0 saturated carbocycles. The maximum Gasteiger partial charge on any atom is 0.335 e. The number of benzene rings is 2. The van der Waals surface area contributed by atoms with Crippen molar-refractivity contribution in [1.82, 2.24) is 0 Å². The number of rotatable bonds is 9. The van der Waals surface area contributed by atoms with Crippen molar-refractivity contribution in [3.8, 4) is 0 Å². The number of nitrogens with one attached hydrogen (secondary N) is 1. The predicted molar refractivity (Wildman–Crippen MR) is 120 cm³/mol. The van der Waals surface area contributed by atoms with Gasteiger partial charge in [-0.15, -0.1) is 0 Å². The normalized spacial score (nSPS) is 12.7. The highest BCUT2D eigenvalue weighted by atomic mass is 32.2. The minimum absolute atomic E-state index is 0.152. The van der Waals surface area contributed by atoms with Crippen LogP contribution in [-0.4, -0.2) is 11.1 Å². The third kappa shape index (κ3) is 6.34. The van der Waals surface area contributed by atoms with Gasteiger partial charge in [-0.05, 0) is 68.1 Å². The van der Waals surface area contributed by atoms with E-state index in [0.29, 0.717) is 0 Å². The molecule has 2 N–H and O–H groups in total. The van der Waals surface area contributed by atoms with Crippen LogP contribution in [0.5, 0.6) is 0 Å². The molecule has 2 aromatic rings.